The van der Waals surface area contributed by atoms with Gasteiger partial charge in [-0.3, -0.25) is 4.79 Å². The molecule has 1 aromatic heterocycles. The van der Waals surface area contributed by atoms with Crippen LogP contribution in [0.1, 0.15) is 19.4 Å². The molecular formula is C13H15N3O2. The molecule has 0 unspecified atom stereocenters. The van der Waals surface area contributed by atoms with Crippen molar-refractivity contribution in [2.24, 2.45) is 16.1 Å². The van der Waals surface area contributed by atoms with Gasteiger partial charge >= 0.3 is 0 Å². The third-order valence-corrected chi connectivity index (χ3v) is 2.65. The minimum absolute atomic E-state index is 0.0732. The van der Waals surface area contributed by atoms with Crippen LogP contribution in [0.15, 0.2) is 28.4 Å². The number of aromatic nitrogens is 1. The third-order valence-electron chi connectivity index (χ3n) is 2.65. The first-order valence-electron chi connectivity index (χ1n) is 5.76. The van der Waals surface area contributed by atoms with Crippen molar-refractivity contribution in [3.63, 3.8) is 0 Å². The highest BCUT2D eigenvalue weighted by Gasteiger charge is 2.11. The summed E-state index contributed by atoms with van der Waals surface area (Å²) < 4.78 is 0. The minimum atomic E-state index is -0.309. The topological polar surface area (TPSA) is 77.8 Å². The molecule has 0 aliphatic carbocycles. The molecule has 0 aliphatic heterocycles. The van der Waals surface area contributed by atoms with Crippen LogP contribution in [-0.2, 0) is 4.79 Å². The van der Waals surface area contributed by atoms with E-state index < -0.39 is 0 Å². The van der Waals surface area contributed by atoms with Gasteiger partial charge in [0.2, 0.25) is 5.88 Å². The molecule has 2 N–H and O–H groups in total. The van der Waals surface area contributed by atoms with Crippen LogP contribution in [0.25, 0.3) is 10.9 Å². The summed E-state index contributed by atoms with van der Waals surface area (Å²) in [6.45, 7) is 5.45. The van der Waals surface area contributed by atoms with Gasteiger partial charge in [0, 0.05) is 11.3 Å². The van der Waals surface area contributed by atoms with Gasteiger partial charge in [0.1, 0.15) is 0 Å². The zero-order chi connectivity index (χ0) is 13.3. The molecule has 18 heavy (non-hydrogen) atoms. The molecule has 2 rings (SSSR count). The van der Waals surface area contributed by atoms with Crippen LogP contribution >= 0.6 is 0 Å². The van der Waals surface area contributed by atoms with Crippen molar-refractivity contribution in [3.8, 4) is 5.88 Å². The fraction of sp³-hybridized carbons (Fsp3) is 0.308. The van der Waals surface area contributed by atoms with Gasteiger partial charge in [-0.1, -0.05) is 25.5 Å². The van der Waals surface area contributed by atoms with E-state index in [-0.39, 0.29) is 17.7 Å². The van der Waals surface area contributed by atoms with Crippen molar-refractivity contribution >= 4 is 22.5 Å². The molecule has 1 aromatic carbocycles. The largest absolute Gasteiger partial charge is 0.493 e. The Balaban J connectivity index is 2.47. The number of carbonyl (C=O) groups is 1. The summed E-state index contributed by atoms with van der Waals surface area (Å²) in [5.41, 5.74) is 2.12. The fourth-order valence-electron chi connectivity index (χ4n) is 1.59. The highest BCUT2D eigenvalue weighted by atomic mass is 16.3. The van der Waals surface area contributed by atoms with Crippen LogP contribution < -0.4 is 0 Å². The number of H-pyrrole nitrogens is 1. The number of hydrogen-bond donors (Lipinski definition) is 2. The van der Waals surface area contributed by atoms with Crippen molar-refractivity contribution < 1.29 is 9.90 Å². The average molecular weight is 245 g/mol. The van der Waals surface area contributed by atoms with E-state index >= 15 is 0 Å². The van der Waals surface area contributed by atoms with Gasteiger partial charge < -0.3 is 10.1 Å². The second-order valence-corrected chi connectivity index (χ2v) is 4.56. The van der Waals surface area contributed by atoms with Gasteiger partial charge in [-0.05, 0) is 19.1 Å². The second-order valence-electron chi connectivity index (χ2n) is 4.56. The van der Waals surface area contributed by atoms with E-state index in [0.717, 1.165) is 16.5 Å². The Morgan fingerprint density at radius 1 is 1.39 bits per heavy atom. The second kappa shape index (κ2) is 4.60. The van der Waals surface area contributed by atoms with Crippen molar-refractivity contribution in [2.75, 3.05) is 0 Å². The number of amides is 1. The predicted octanol–water partition coefficient (Wildman–Crippen LogP) is 3.45. The number of aromatic amines is 1. The molecule has 0 saturated heterocycles. The molecule has 5 heteroatoms. The molecule has 0 atom stereocenters. The van der Waals surface area contributed by atoms with Gasteiger partial charge in [0.15, 0.2) is 5.69 Å². The lowest BCUT2D eigenvalue weighted by Crippen LogP contribution is -2.01. The van der Waals surface area contributed by atoms with Crippen LogP contribution in [0.4, 0.5) is 5.69 Å². The number of aromatic hydroxyl groups is 1. The molecule has 1 heterocycles. The molecule has 0 aliphatic rings. The van der Waals surface area contributed by atoms with Gasteiger partial charge in [0.05, 0.1) is 5.52 Å². The number of carbonyl (C=O) groups excluding carboxylic acids is 1. The van der Waals surface area contributed by atoms with E-state index in [2.05, 4.69) is 15.2 Å². The molecule has 5 nitrogen and oxygen atoms in total. The maximum atomic E-state index is 11.4. The first-order valence-corrected chi connectivity index (χ1v) is 5.76. The lowest BCUT2D eigenvalue weighted by Gasteiger charge is -1.96. The van der Waals surface area contributed by atoms with E-state index in [9.17, 15) is 9.90 Å². The Bertz CT molecular complexity index is 626. The Labute approximate surface area is 105 Å². The van der Waals surface area contributed by atoms with Crippen molar-refractivity contribution in [3.05, 3.63) is 23.8 Å². The lowest BCUT2D eigenvalue weighted by molar-refractivity contribution is -0.121. The first-order chi connectivity index (χ1) is 8.49. The molecule has 94 valence electrons. The van der Waals surface area contributed by atoms with E-state index in [0.29, 0.717) is 5.69 Å². The Morgan fingerprint density at radius 2 is 2.11 bits per heavy atom. The number of azo groups is 1. The van der Waals surface area contributed by atoms with Crippen molar-refractivity contribution in [1.82, 2.24) is 4.98 Å². The molecule has 0 bridgehead atoms. The quantitative estimate of drug-likeness (QED) is 0.795. The highest BCUT2D eigenvalue weighted by molar-refractivity contribution is 5.94. The Kier molecular flexibility index (Phi) is 3.14. The first kappa shape index (κ1) is 12.3. The summed E-state index contributed by atoms with van der Waals surface area (Å²) in [6, 6.07) is 5.67. The molecular weight excluding hydrogens is 230 g/mol. The summed E-state index contributed by atoms with van der Waals surface area (Å²) in [7, 11) is 0. The van der Waals surface area contributed by atoms with E-state index in [1.165, 1.54) is 0 Å². The van der Waals surface area contributed by atoms with Crippen molar-refractivity contribution in [1.29, 1.82) is 0 Å². The fourth-order valence-corrected chi connectivity index (χ4v) is 1.59. The van der Waals surface area contributed by atoms with Crippen LogP contribution in [0, 0.1) is 12.8 Å². The normalized spacial score (nSPS) is 11.8. The van der Waals surface area contributed by atoms with Gasteiger partial charge in [-0.15, -0.1) is 10.2 Å². The third kappa shape index (κ3) is 2.25. The predicted molar refractivity (Wildman–Crippen MR) is 69.1 cm³/mol. The molecule has 0 fully saturated rings. The van der Waals surface area contributed by atoms with Gasteiger partial charge in [-0.25, -0.2) is 0 Å². The van der Waals surface area contributed by atoms with Crippen LogP contribution in [0.5, 0.6) is 5.88 Å². The van der Waals surface area contributed by atoms with E-state index in [4.69, 9.17) is 0 Å². The highest BCUT2D eigenvalue weighted by Crippen LogP contribution is 2.35. The number of rotatable bonds is 2. The standard InChI is InChI=1S/C13H15N3O2/c1-7(2)12(17)16-15-11-9-6-8(3)4-5-10(9)14-13(11)18/h4-7,14,18H,1-3H3. The van der Waals surface area contributed by atoms with Gasteiger partial charge in [0.25, 0.3) is 5.91 Å². The molecule has 0 radical (unpaired) electrons. The molecule has 0 spiro atoms. The summed E-state index contributed by atoms with van der Waals surface area (Å²) in [5, 5.41) is 18.0. The summed E-state index contributed by atoms with van der Waals surface area (Å²) >= 11 is 0. The summed E-state index contributed by atoms with van der Waals surface area (Å²) in [4.78, 5) is 14.2. The number of nitrogens with zero attached hydrogens (tertiary/aromatic N) is 2. The minimum Gasteiger partial charge on any atom is -0.493 e. The number of hydrogen-bond acceptors (Lipinski definition) is 3. The molecule has 1 amide bonds. The lowest BCUT2D eigenvalue weighted by atomic mass is 10.1. The Hall–Kier alpha value is -2.17. The van der Waals surface area contributed by atoms with Gasteiger partial charge in [-0.2, -0.15) is 0 Å². The van der Waals surface area contributed by atoms with E-state index in [1.54, 1.807) is 13.8 Å². The smallest absolute Gasteiger partial charge is 0.267 e. The average Bonchev–Trinajstić information content (AvgIpc) is 2.61. The van der Waals surface area contributed by atoms with E-state index in [1.807, 2.05) is 25.1 Å². The number of nitrogens with one attached hydrogen (secondary N) is 1. The summed E-state index contributed by atoms with van der Waals surface area (Å²) in [6.07, 6.45) is 0. The number of benzene rings is 1. The maximum absolute atomic E-state index is 11.4. The maximum Gasteiger partial charge on any atom is 0.267 e. The molecule has 2 aromatic rings. The van der Waals surface area contributed by atoms with Crippen LogP contribution in [-0.4, -0.2) is 16.0 Å². The monoisotopic (exact) mass is 245 g/mol. The molecule has 0 saturated carbocycles. The van der Waals surface area contributed by atoms with Crippen LogP contribution in [0.3, 0.4) is 0 Å². The van der Waals surface area contributed by atoms with Crippen molar-refractivity contribution in [2.45, 2.75) is 20.8 Å². The zero-order valence-corrected chi connectivity index (χ0v) is 10.6. The summed E-state index contributed by atoms with van der Waals surface area (Å²) in [5.74, 6) is -0.588. The zero-order valence-electron chi connectivity index (χ0n) is 10.6. The Morgan fingerprint density at radius 3 is 2.78 bits per heavy atom. The van der Waals surface area contributed by atoms with Crippen LogP contribution in [0.2, 0.25) is 0 Å². The number of fused-ring (bicyclic) bond motifs is 1. The SMILES string of the molecule is Cc1ccc2[nH]c(O)c(N=NC(=O)C(C)C)c2c1. The number of aryl methyl sites for hydroxylation is 1.